The summed E-state index contributed by atoms with van der Waals surface area (Å²) in [5, 5.41) is 9.69. The van der Waals surface area contributed by atoms with E-state index in [-0.39, 0.29) is 11.0 Å². The average Bonchev–Trinajstić information content (AvgIpc) is 3.21. The van der Waals surface area contributed by atoms with Crippen LogP contribution in [0.25, 0.3) is 0 Å². The molecule has 3 nitrogen and oxygen atoms in total. The second-order valence-electron chi connectivity index (χ2n) is 18.8. The van der Waals surface area contributed by atoms with E-state index >= 15 is 0 Å². The molecule has 7 fully saturated rings. The molecule has 0 radical (unpaired) electrons. The number of ether oxygens (including phenoxy) is 1. The van der Waals surface area contributed by atoms with Gasteiger partial charge in [-0.2, -0.15) is 0 Å². The number of hydrogen-bond donors (Lipinski definition) is 1. The zero-order chi connectivity index (χ0) is 29.9. The van der Waals surface area contributed by atoms with E-state index < -0.39 is 0 Å². The standard InChI is InChI=1S/C41H59NO2/c1-26-10-19-40-27(2)23-37(16-11-30-21-31-9-8-28(3)44-35(31)22-33(30)37)41(24-34(26)40)36(40,4)14-6-15-39(41)18-13-32-29(7-5-20-43)12-17-38(32)25-42(38)39/h6,13,15,18,27-33,35,43H,5,7-12,14,16-17,19-25H2,1-4H3/t27-,28-,29+,30+,31-,32-,33-,35+,36-,37-,38-,39-,40-,41-,42?/m1/s1. The first-order valence-corrected chi connectivity index (χ1v) is 19.3. The molecular weight excluding hydrogens is 538 g/mol. The summed E-state index contributed by atoms with van der Waals surface area (Å²) in [7, 11) is 0. The highest BCUT2D eigenvalue weighted by Crippen LogP contribution is 2.90. The molecule has 4 spiro atoms. The van der Waals surface area contributed by atoms with E-state index in [4.69, 9.17) is 4.74 Å². The Morgan fingerprint density at radius 3 is 2.77 bits per heavy atom. The second-order valence-corrected chi connectivity index (χ2v) is 18.8. The SMILES string of the molecule is CC1=C2C[C@]34[C@]5(CC[C@H]6C[C@H]7CC[C@@H](C)O[C@H]7C[C@H]65)C[C@@H](C)[C@@]2(CC1)[C@@]3(C)CC=C[C@@]41C=C[C@@H]2[C@@H](CCCO)CC[C@@]23CN31. The fourth-order valence-corrected chi connectivity index (χ4v) is 16.9. The summed E-state index contributed by atoms with van der Waals surface area (Å²) in [6.07, 6.45) is 32.3. The Morgan fingerprint density at radius 1 is 1.02 bits per heavy atom. The van der Waals surface area contributed by atoms with Gasteiger partial charge in [0.05, 0.1) is 17.7 Å². The Labute approximate surface area is 267 Å². The lowest BCUT2D eigenvalue weighted by Gasteiger charge is -2.74. The van der Waals surface area contributed by atoms with Gasteiger partial charge in [0.2, 0.25) is 0 Å². The molecule has 44 heavy (non-hydrogen) atoms. The molecular formula is C41H59NO2. The van der Waals surface area contributed by atoms with E-state index in [2.05, 4.69) is 56.9 Å². The predicted molar refractivity (Wildman–Crippen MR) is 176 cm³/mol. The van der Waals surface area contributed by atoms with Crippen LogP contribution in [0.4, 0.5) is 0 Å². The van der Waals surface area contributed by atoms with Crippen LogP contribution in [0.2, 0.25) is 0 Å². The molecule has 0 aromatic carbocycles. The average molecular weight is 598 g/mol. The van der Waals surface area contributed by atoms with Crippen molar-refractivity contribution in [1.29, 1.82) is 0 Å². The minimum absolute atomic E-state index is 0.0551. The maximum absolute atomic E-state index is 9.69. The van der Waals surface area contributed by atoms with Crippen LogP contribution in [0.5, 0.6) is 0 Å². The fraction of sp³-hybridized carbons (Fsp3) is 0.854. The Hall–Kier alpha value is -0.900. The van der Waals surface area contributed by atoms with Crippen molar-refractivity contribution in [3.63, 3.8) is 0 Å². The van der Waals surface area contributed by atoms with Crippen molar-refractivity contribution in [2.75, 3.05) is 13.2 Å². The van der Waals surface area contributed by atoms with Gasteiger partial charge in [-0.25, -0.2) is 0 Å². The summed E-state index contributed by atoms with van der Waals surface area (Å²) in [4.78, 5) is 3.15. The number of rotatable bonds is 3. The molecule has 10 rings (SSSR count). The van der Waals surface area contributed by atoms with E-state index in [0.29, 0.717) is 46.5 Å². The maximum atomic E-state index is 9.69. The first-order chi connectivity index (χ1) is 21.2. The van der Waals surface area contributed by atoms with E-state index in [0.717, 1.165) is 36.0 Å². The summed E-state index contributed by atoms with van der Waals surface area (Å²) in [6, 6.07) is 0. The smallest absolute Gasteiger partial charge is 0.0652 e. The normalized spacial score (nSPS) is 60.7. The summed E-state index contributed by atoms with van der Waals surface area (Å²) in [6.45, 7) is 12.2. The first-order valence-electron chi connectivity index (χ1n) is 19.3. The van der Waals surface area contributed by atoms with E-state index in [1.165, 1.54) is 96.4 Å². The zero-order valence-corrected chi connectivity index (χ0v) is 28.3. The van der Waals surface area contributed by atoms with Gasteiger partial charge in [-0.3, -0.25) is 4.90 Å². The Kier molecular flexibility index (Phi) is 5.60. The summed E-state index contributed by atoms with van der Waals surface area (Å²) >= 11 is 0. The quantitative estimate of drug-likeness (QED) is 0.261. The first kappa shape index (κ1) is 28.1. The maximum Gasteiger partial charge on any atom is 0.0652 e. The third-order valence-electron chi connectivity index (χ3n) is 18.1. The number of hydrogen-bond acceptors (Lipinski definition) is 3. The van der Waals surface area contributed by atoms with Crippen molar-refractivity contribution >= 4 is 0 Å². The van der Waals surface area contributed by atoms with Crippen LogP contribution in [0.15, 0.2) is 35.5 Å². The molecule has 0 aromatic heterocycles. The number of aliphatic hydroxyl groups is 1. The number of fused-ring (bicyclic) bond motifs is 4. The van der Waals surface area contributed by atoms with Gasteiger partial charge < -0.3 is 9.84 Å². The highest BCUT2D eigenvalue weighted by molar-refractivity contribution is 5.54. The Morgan fingerprint density at radius 2 is 1.91 bits per heavy atom. The van der Waals surface area contributed by atoms with Crippen LogP contribution in [-0.2, 0) is 4.74 Å². The monoisotopic (exact) mass is 597 g/mol. The molecule has 1 N–H and O–H groups in total. The van der Waals surface area contributed by atoms with Crippen molar-refractivity contribution in [2.45, 2.75) is 147 Å². The number of nitrogens with zero attached hydrogens (tertiary/aromatic N) is 1. The van der Waals surface area contributed by atoms with Gasteiger partial charge in [0, 0.05) is 29.5 Å². The highest BCUT2D eigenvalue weighted by Gasteiger charge is 2.88. The van der Waals surface area contributed by atoms with E-state index in [1.807, 2.05) is 5.57 Å². The third kappa shape index (κ3) is 2.82. The molecule has 240 valence electrons. The topological polar surface area (TPSA) is 32.5 Å². The van der Waals surface area contributed by atoms with Gasteiger partial charge in [0.25, 0.3) is 0 Å². The van der Waals surface area contributed by atoms with Crippen LogP contribution in [0, 0.1) is 57.2 Å². The van der Waals surface area contributed by atoms with Crippen LogP contribution >= 0.6 is 0 Å². The van der Waals surface area contributed by atoms with E-state index in [1.54, 1.807) is 5.57 Å². The van der Waals surface area contributed by atoms with Crippen molar-refractivity contribution < 1.29 is 9.84 Å². The lowest BCUT2D eigenvalue weighted by atomic mass is 9.31. The van der Waals surface area contributed by atoms with Gasteiger partial charge in [0.1, 0.15) is 0 Å². The van der Waals surface area contributed by atoms with Crippen LogP contribution in [0.1, 0.15) is 124 Å². The molecule has 7 aliphatic carbocycles. The second kappa shape index (κ2) is 8.76. The van der Waals surface area contributed by atoms with Crippen molar-refractivity contribution in [3.05, 3.63) is 35.5 Å². The molecule has 2 bridgehead atoms. The molecule has 0 amide bonds. The van der Waals surface area contributed by atoms with Gasteiger partial charge >= 0.3 is 0 Å². The highest BCUT2D eigenvalue weighted by atomic mass is 16.5. The molecule has 3 heterocycles. The predicted octanol–water partition coefficient (Wildman–Crippen LogP) is 8.63. The molecule has 10 aliphatic rings. The zero-order valence-electron chi connectivity index (χ0n) is 28.3. The molecule has 3 aliphatic heterocycles. The summed E-state index contributed by atoms with van der Waals surface area (Å²) in [5.41, 5.74) is 5.52. The summed E-state index contributed by atoms with van der Waals surface area (Å²) in [5.74, 6) is 4.76. The van der Waals surface area contributed by atoms with E-state index in [9.17, 15) is 5.11 Å². The fourth-order valence-electron chi connectivity index (χ4n) is 16.9. The molecule has 0 aromatic rings. The van der Waals surface area contributed by atoms with Crippen LogP contribution in [0.3, 0.4) is 0 Å². The van der Waals surface area contributed by atoms with Gasteiger partial charge in [0.15, 0.2) is 0 Å². The van der Waals surface area contributed by atoms with Gasteiger partial charge in [-0.05, 0) is 156 Å². The molecule has 15 atom stereocenters. The minimum atomic E-state index is 0.0551. The third-order valence-corrected chi connectivity index (χ3v) is 18.1. The number of aliphatic hydroxyl groups excluding tert-OH is 1. The molecule has 5 saturated carbocycles. The van der Waals surface area contributed by atoms with Gasteiger partial charge in [-0.1, -0.05) is 49.3 Å². The van der Waals surface area contributed by atoms with Crippen molar-refractivity contribution in [2.24, 2.45) is 57.2 Å². The van der Waals surface area contributed by atoms with Crippen molar-refractivity contribution in [1.82, 2.24) is 4.90 Å². The minimum Gasteiger partial charge on any atom is -0.396 e. The summed E-state index contributed by atoms with van der Waals surface area (Å²) < 4.78 is 6.89. The molecule has 1 unspecified atom stereocenters. The molecule has 3 heteroatoms. The van der Waals surface area contributed by atoms with Crippen LogP contribution in [-0.4, -0.2) is 46.4 Å². The molecule has 2 saturated heterocycles. The van der Waals surface area contributed by atoms with Gasteiger partial charge in [-0.15, -0.1) is 0 Å². The largest absolute Gasteiger partial charge is 0.396 e. The Bertz CT molecular complexity index is 1360. The Balaban J connectivity index is 1.17. The lowest BCUT2D eigenvalue weighted by Crippen LogP contribution is -2.74. The van der Waals surface area contributed by atoms with Crippen molar-refractivity contribution in [3.8, 4) is 0 Å². The van der Waals surface area contributed by atoms with Crippen LogP contribution < -0.4 is 0 Å². The lowest BCUT2D eigenvalue weighted by molar-refractivity contribution is -0.242. The number of allylic oxidation sites excluding steroid dienone is 3.